The zero-order valence-corrected chi connectivity index (χ0v) is 41.2. The topological polar surface area (TPSA) is 175 Å². The molecule has 13 heteroatoms. The zero-order chi connectivity index (χ0) is 48.2. The van der Waals surface area contributed by atoms with Crippen molar-refractivity contribution in [2.45, 2.75) is 181 Å². The number of aliphatic hydroxyl groups is 2. The molecular weight excluding hydrogens is 831 g/mol. The monoisotopic (exact) mass is 912 g/mol. The van der Waals surface area contributed by atoms with Crippen molar-refractivity contribution >= 4 is 29.2 Å². The Morgan fingerprint density at radius 2 is 1.57 bits per heavy atom. The summed E-state index contributed by atoms with van der Waals surface area (Å²) in [5.74, 6) is -7.07. The summed E-state index contributed by atoms with van der Waals surface area (Å²) in [7, 11) is 4.70. The van der Waals surface area contributed by atoms with Gasteiger partial charge in [0.05, 0.1) is 18.3 Å². The van der Waals surface area contributed by atoms with E-state index in [0.29, 0.717) is 56.4 Å². The lowest BCUT2D eigenvalue weighted by molar-refractivity contribution is -0.265. The van der Waals surface area contributed by atoms with Crippen LogP contribution in [-0.4, -0.2) is 121 Å². The Hall–Kier alpha value is -3.33. The molecule has 2 bridgehead atoms. The van der Waals surface area contributed by atoms with E-state index in [4.69, 9.17) is 23.7 Å². The van der Waals surface area contributed by atoms with Crippen molar-refractivity contribution in [1.29, 1.82) is 0 Å². The van der Waals surface area contributed by atoms with E-state index in [1.165, 1.54) is 12.0 Å². The standard InChI is InChI=1S/C52H81NO12/c1-31-17-13-12-14-18-32(2)44(62-10)29-40-23-21-38(8)52(60,65-40)49(57)50(58)53-24-16-15-19-41(53)51(59)64-45(35(5)27-39-22-20-33(3)43(28-39)61-9)30-42(54)34(4)26-37(7)47(56)48(63-11)46(55)36(6)25-31/h12-14,17-18,26,31,33-36,38-41,43-45,47-48,56,60H,15-16,19-25,27-30H2,1-11H3/b14-12+,17-13+,32-18+,37-26+/t31-,33-,34-,35-,36?,38-,39+,40+,41?,43-,44+,45?,47-,48?,52-/m1/s1. The molecule has 0 spiro atoms. The van der Waals surface area contributed by atoms with Gasteiger partial charge in [-0.25, -0.2) is 4.79 Å². The number of Topliss-reactive ketones (excluding diaryl/α,β-unsaturated/α-hetero) is 3. The van der Waals surface area contributed by atoms with Crippen LogP contribution in [0.2, 0.25) is 0 Å². The first-order chi connectivity index (χ1) is 30.7. The van der Waals surface area contributed by atoms with Crippen molar-refractivity contribution in [3.63, 3.8) is 0 Å². The predicted molar refractivity (Wildman–Crippen MR) is 248 cm³/mol. The number of ether oxygens (including phenoxy) is 5. The van der Waals surface area contributed by atoms with Crippen LogP contribution in [0.3, 0.4) is 0 Å². The van der Waals surface area contributed by atoms with Gasteiger partial charge in [0.2, 0.25) is 5.79 Å². The molecule has 366 valence electrons. The lowest BCUT2D eigenvalue weighted by Gasteiger charge is -2.42. The van der Waals surface area contributed by atoms with Gasteiger partial charge in [0.1, 0.15) is 30.1 Å². The van der Waals surface area contributed by atoms with Gasteiger partial charge >= 0.3 is 5.97 Å². The number of cyclic esters (lactones) is 1. The van der Waals surface area contributed by atoms with Gasteiger partial charge in [0.15, 0.2) is 5.78 Å². The second-order valence-corrected chi connectivity index (χ2v) is 20.0. The number of allylic oxidation sites excluding steroid dienone is 6. The van der Waals surface area contributed by atoms with Gasteiger partial charge in [0, 0.05) is 58.5 Å². The minimum Gasteiger partial charge on any atom is -0.460 e. The van der Waals surface area contributed by atoms with Crippen LogP contribution in [0.5, 0.6) is 0 Å². The number of hydrogen-bond acceptors (Lipinski definition) is 12. The third-order valence-corrected chi connectivity index (χ3v) is 14.8. The Morgan fingerprint density at radius 1 is 0.846 bits per heavy atom. The van der Waals surface area contributed by atoms with Crippen molar-refractivity contribution in [3.05, 3.63) is 47.6 Å². The molecule has 3 aliphatic heterocycles. The molecule has 4 aliphatic rings. The highest BCUT2D eigenvalue weighted by molar-refractivity contribution is 6.39. The molecule has 0 radical (unpaired) electrons. The van der Waals surface area contributed by atoms with Crippen LogP contribution < -0.4 is 0 Å². The number of piperidine rings is 1. The Morgan fingerprint density at radius 3 is 2.25 bits per heavy atom. The lowest BCUT2D eigenvalue weighted by Crippen LogP contribution is -2.61. The van der Waals surface area contributed by atoms with E-state index in [2.05, 4.69) is 6.92 Å². The van der Waals surface area contributed by atoms with Crippen molar-refractivity contribution in [3.8, 4) is 0 Å². The Balaban J connectivity index is 1.70. The van der Waals surface area contributed by atoms with Gasteiger partial charge in [-0.3, -0.25) is 19.2 Å². The van der Waals surface area contributed by atoms with E-state index in [9.17, 15) is 34.2 Å². The number of rotatable bonds is 6. The second-order valence-electron chi connectivity index (χ2n) is 20.0. The SMILES string of the molecule is COC1C(=O)C(C)C[C@H](C)/C=C/C=C/C=C(\C)[C@@H](OC)C[C@@H]2CC[C@@H](C)[C@@](O)(O2)C(=O)C(=O)N2CCCCC2C(=O)OC([C@H](C)C[C@@H]2CC[C@@H](C)[C@H](OC)C2)CC(=O)[C@H](C)/C=C(\C)[C@H]1O. The summed E-state index contributed by atoms with van der Waals surface area (Å²) in [5, 5.41) is 23.4. The van der Waals surface area contributed by atoms with Crippen LogP contribution in [0.4, 0.5) is 0 Å². The summed E-state index contributed by atoms with van der Waals surface area (Å²) in [6.07, 6.45) is 13.6. The molecule has 1 aliphatic carbocycles. The van der Waals surface area contributed by atoms with Crippen LogP contribution >= 0.6 is 0 Å². The van der Waals surface area contributed by atoms with Gasteiger partial charge in [-0.2, -0.15) is 0 Å². The molecule has 4 unspecified atom stereocenters. The third kappa shape index (κ3) is 14.3. The summed E-state index contributed by atoms with van der Waals surface area (Å²) in [4.78, 5) is 71.9. The third-order valence-electron chi connectivity index (χ3n) is 14.8. The minimum atomic E-state index is -2.41. The fourth-order valence-corrected chi connectivity index (χ4v) is 10.4. The fourth-order valence-electron chi connectivity index (χ4n) is 10.4. The first kappa shape index (κ1) is 54.3. The van der Waals surface area contributed by atoms with E-state index >= 15 is 0 Å². The summed E-state index contributed by atoms with van der Waals surface area (Å²) < 4.78 is 29.7. The molecule has 3 heterocycles. The van der Waals surface area contributed by atoms with Crippen molar-refractivity contribution in [2.24, 2.45) is 41.4 Å². The summed E-state index contributed by atoms with van der Waals surface area (Å²) in [6, 6.07) is -1.11. The molecule has 13 nitrogen and oxygen atoms in total. The number of hydrogen-bond donors (Lipinski definition) is 2. The average molecular weight is 912 g/mol. The molecule has 0 aromatic carbocycles. The highest BCUT2D eigenvalue weighted by Crippen LogP contribution is 2.38. The van der Waals surface area contributed by atoms with E-state index in [1.54, 1.807) is 41.1 Å². The summed E-state index contributed by atoms with van der Waals surface area (Å²) in [6.45, 7) is 15.1. The highest BCUT2D eigenvalue weighted by atomic mass is 16.6. The van der Waals surface area contributed by atoms with Gasteiger partial charge in [0.25, 0.3) is 11.7 Å². The van der Waals surface area contributed by atoms with Crippen LogP contribution in [0.25, 0.3) is 0 Å². The van der Waals surface area contributed by atoms with Gasteiger partial charge in [-0.05, 0) is 113 Å². The molecule has 1 amide bonds. The number of methoxy groups -OCH3 is 3. The second kappa shape index (κ2) is 25.2. The number of ketones is 3. The molecule has 65 heavy (non-hydrogen) atoms. The number of amides is 1. The molecule has 15 atom stereocenters. The zero-order valence-electron chi connectivity index (χ0n) is 41.2. The molecule has 2 saturated heterocycles. The lowest BCUT2D eigenvalue weighted by atomic mass is 9.76. The number of aliphatic hydroxyl groups excluding tert-OH is 1. The van der Waals surface area contributed by atoms with Crippen LogP contribution in [0.15, 0.2) is 47.6 Å². The maximum absolute atomic E-state index is 14.4. The number of fused-ring (bicyclic) bond motifs is 3. The molecule has 3 fully saturated rings. The smallest absolute Gasteiger partial charge is 0.329 e. The van der Waals surface area contributed by atoms with Gasteiger partial charge in [-0.15, -0.1) is 0 Å². The summed E-state index contributed by atoms with van der Waals surface area (Å²) in [5.41, 5.74) is 1.30. The first-order valence-electron chi connectivity index (χ1n) is 24.2. The Bertz CT molecular complexity index is 1750. The maximum atomic E-state index is 14.4. The van der Waals surface area contributed by atoms with E-state index in [1.807, 2.05) is 58.1 Å². The quantitative estimate of drug-likeness (QED) is 0.153. The molecule has 4 rings (SSSR count). The van der Waals surface area contributed by atoms with Crippen molar-refractivity contribution < 1.29 is 57.9 Å². The van der Waals surface area contributed by atoms with E-state index in [0.717, 1.165) is 24.8 Å². The largest absolute Gasteiger partial charge is 0.460 e. The maximum Gasteiger partial charge on any atom is 0.329 e. The Labute approximate surface area is 388 Å². The Kier molecular flexibility index (Phi) is 21.0. The minimum absolute atomic E-state index is 0.0304. The predicted octanol–water partition coefficient (Wildman–Crippen LogP) is 7.46. The molecular formula is C52H81NO12. The van der Waals surface area contributed by atoms with Crippen molar-refractivity contribution in [1.82, 2.24) is 4.90 Å². The van der Waals surface area contributed by atoms with Crippen LogP contribution in [-0.2, 0) is 47.7 Å². The number of carbonyl (C=O) groups excluding carboxylic acids is 5. The average Bonchev–Trinajstić information content (AvgIpc) is 3.28. The molecule has 2 N–H and O–H groups in total. The first-order valence-corrected chi connectivity index (χ1v) is 24.2. The number of carbonyl (C=O) groups is 5. The van der Waals surface area contributed by atoms with E-state index in [-0.39, 0.29) is 54.8 Å². The molecule has 1 saturated carbocycles. The van der Waals surface area contributed by atoms with Gasteiger partial charge in [-0.1, -0.05) is 78.0 Å². The molecule has 0 aromatic rings. The van der Waals surface area contributed by atoms with Gasteiger partial charge < -0.3 is 38.8 Å². The number of nitrogens with zero attached hydrogens (tertiary/aromatic N) is 1. The molecule has 0 aromatic heterocycles. The summed E-state index contributed by atoms with van der Waals surface area (Å²) >= 11 is 0. The van der Waals surface area contributed by atoms with Crippen LogP contribution in [0, 0.1) is 41.4 Å². The number of esters is 1. The van der Waals surface area contributed by atoms with Crippen molar-refractivity contribution in [2.75, 3.05) is 27.9 Å². The highest BCUT2D eigenvalue weighted by Gasteiger charge is 2.53. The normalized spacial score (nSPS) is 40.4. The fraction of sp³-hybridized carbons (Fsp3) is 0.750. The van der Waals surface area contributed by atoms with Crippen LogP contribution in [0.1, 0.15) is 132 Å². The van der Waals surface area contributed by atoms with E-state index < -0.39 is 77.8 Å².